The van der Waals surface area contributed by atoms with Gasteiger partial charge in [0.15, 0.2) is 11.5 Å². The predicted octanol–water partition coefficient (Wildman–Crippen LogP) is 4.93. The van der Waals surface area contributed by atoms with Crippen LogP contribution in [-0.2, 0) is 17.8 Å². The van der Waals surface area contributed by atoms with Crippen molar-refractivity contribution in [2.45, 2.75) is 45.2 Å². The fourth-order valence-corrected chi connectivity index (χ4v) is 4.53. The molecule has 1 unspecified atom stereocenters. The first-order valence-corrected chi connectivity index (χ1v) is 11.3. The second kappa shape index (κ2) is 9.90. The second-order valence-electron chi connectivity index (χ2n) is 8.16. The highest BCUT2D eigenvalue weighted by molar-refractivity contribution is 5.77. The third-order valence-electron chi connectivity index (χ3n) is 6.03. The summed E-state index contributed by atoms with van der Waals surface area (Å²) in [5.74, 6) is 2.57. The van der Waals surface area contributed by atoms with Gasteiger partial charge < -0.3 is 18.9 Å². The molecule has 1 fully saturated rings. The standard InChI is InChI=1S/C26H31N3O3/c1-4-9-20-13-14-24(25(18-20)31-3)32-17-8-16-29-22-11-6-5-10-21(22)27-26(29)23-12-7-15-28(23)19(2)30/h4-6,10-11,13-14,18,23H,1,7-9,12,15-17H2,2-3H3. The summed E-state index contributed by atoms with van der Waals surface area (Å²) in [6.07, 6.45) is 5.45. The number of carbonyl (C=O) groups is 1. The molecule has 2 heterocycles. The van der Waals surface area contributed by atoms with Crippen molar-refractivity contribution in [3.63, 3.8) is 0 Å². The number of amides is 1. The Hall–Kier alpha value is -3.28. The molecule has 1 atom stereocenters. The molecule has 4 rings (SSSR count). The highest BCUT2D eigenvalue weighted by Crippen LogP contribution is 2.34. The van der Waals surface area contributed by atoms with Gasteiger partial charge in [-0.1, -0.05) is 24.3 Å². The van der Waals surface area contributed by atoms with Gasteiger partial charge in [0, 0.05) is 20.0 Å². The van der Waals surface area contributed by atoms with Crippen LogP contribution in [0.3, 0.4) is 0 Å². The van der Waals surface area contributed by atoms with E-state index in [9.17, 15) is 4.79 Å². The van der Waals surface area contributed by atoms with Crippen LogP contribution in [0.2, 0.25) is 0 Å². The van der Waals surface area contributed by atoms with E-state index in [-0.39, 0.29) is 11.9 Å². The summed E-state index contributed by atoms with van der Waals surface area (Å²) in [7, 11) is 1.66. The van der Waals surface area contributed by atoms with E-state index in [0.717, 1.165) is 72.7 Å². The first kappa shape index (κ1) is 21.9. The summed E-state index contributed by atoms with van der Waals surface area (Å²) in [5.41, 5.74) is 3.22. The average Bonchev–Trinajstić information content (AvgIpc) is 3.42. The van der Waals surface area contributed by atoms with E-state index in [4.69, 9.17) is 14.5 Å². The van der Waals surface area contributed by atoms with Crippen LogP contribution in [-0.4, -0.2) is 40.6 Å². The smallest absolute Gasteiger partial charge is 0.220 e. The molecule has 6 nitrogen and oxygen atoms in total. The number of carbonyl (C=O) groups excluding carboxylic acids is 1. The highest BCUT2D eigenvalue weighted by Gasteiger charge is 2.32. The Labute approximate surface area is 189 Å². The van der Waals surface area contributed by atoms with Crippen molar-refractivity contribution >= 4 is 16.9 Å². The lowest BCUT2D eigenvalue weighted by Crippen LogP contribution is -2.30. The molecule has 0 aliphatic carbocycles. The number of allylic oxidation sites excluding steroid dienone is 1. The number of ether oxygens (including phenoxy) is 2. The van der Waals surface area contributed by atoms with Crippen molar-refractivity contribution in [1.82, 2.24) is 14.5 Å². The van der Waals surface area contributed by atoms with Gasteiger partial charge in [0.25, 0.3) is 0 Å². The summed E-state index contributed by atoms with van der Waals surface area (Å²) in [4.78, 5) is 19.0. The molecular weight excluding hydrogens is 402 g/mol. The molecule has 1 amide bonds. The monoisotopic (exact) mass is 433 g/mol. The van der Waals surface area contributed by atoms with Gasteiger partial charge in [0.05, 0.1) is 30.8 Å². The number of rotatable bonds is 9. The summed E-state index contributed by atoms with van der Waals surface area (Å²) in [6, 6.07) is 14.2. The molecule has 32 heavy (non-hydrogen) atoms. The summed E-state index contributed by atoms with van der Waals surface area (Å²) in [5, 5.41) is 0. The minimum Gasteiger partial charge on any atom is -0.493 e. The van der Waals surface area contributed by atoms with Crippen molar-refractivity contribution in [3.05, 3.63) is 66.5 Å². The number of para-hydroxylation sites is 2. The van der Waals surface area contributed by atoms with Gasteiger partial charge in [-0.2, -0.15) is 0 Å². The lowest BCUT2D eigenvalue weighted by atomic mass is 10.1. The maximum atomic E-state index is 12.2. The molecule has 0 bridgehead atoms. The molecule has 2 aromatic carbocycles. The number of imidazole rings is 1. The van der Waals surface area contributed by atoms with Crippen LogP contribution in [0.15, 0.2) is 55.1 Å². The first-order valence-electron chi connectivity index (χ1n) is 11.3. The molecule has 0 radical (unpaired) electrons. The van der Waals surface area contributed by atoms with Crippen molar-refractivity contribution in [1.29, 1.82) is 0 Å². The van der Waals surface area contributed by atoms with Gasteiger partial charge in [-0.05, 0) is 55.5 Å². The zero-order valence-corrected chi connectivity index (χ0v) is 18.9. The zero-order valence-electron chi connectivity index (χ0n) is 18.9. The molecule has 3 aromatic rings. The molecular formula is C26H31N3O3. The number of nitrogens with zero attached hydrogens (tertiary/aromatic N) is 3. The number of hydrogen-bond donors (Lipinski definition) is 0. The normalized spacial score (nSPS) is 15.8. The van der Waals surface area contributed by atoms with E-state index in [1.807, 2.05) is 47.4 Å². The molecule has 1 saturated heterocycles. The minimum absolute atomic E-state index is 0.0401. The first-order chi connectivity index (χ1) is 15.6. The van der Waals surface area contributed by atoms with Crippen molar-refractivity contribution in [3.8, 4) is 11.5 Å². The van der Waals surface area contributed by atoms with Gasteiger partial charge in [0.2, 0.25) is 5.91 Å². The fourth-order valence-electron chi connectivity index (χ4n) is 4.53. The number of hydrogen-bond acceptors (Lipinski definition) is 4. The van der Waals surface area contributed by atoms with Crippen LogP contribution < -0.4 is 9.47 Å². The molecule has 1 aromatic heterocycles. The second-order valence-corrected chi connectivity index (χ2v) is 8.16. The Morgan fingerprint density at radius 3 is 2.88 bits per heavy atom. The minimum atomic E-state index is 0.0401. The predicted molar refractivity (Wildman–Crippen MR) is 126 cm³/mol. The Morgan fingerprint density at radius 1 is 1.25 bits per heavy atom. The van der Waals surface area contributed by atoms with Gasteiger partial charge >= 0.3 is 0 Å². The maximum absolute atomic E-state index is 12.2. The summed E-state index contributed by atoms with van der Waals surface area (Å²) >= 11 is 0. The number of likely N-dealkylation sites (tertiary alicyclic amines) is 1. The van der Waals surface area contributed by atoms with Crippen LogP contribution >= 0.6 is 0 Å². The van der Waals surface area contributed by atoms with Crippen LogP contribution in [0.4, 0.5) is 0 Å². The van der Waals surface area contributed by atoms with E-state index in [1.54, 1.807) is 14.0 Å². The Balaban J connectivity index is 1.49. The van der Waals surface area contributed by atoms with E-state index in [2.05, 4.69) is 17.2 Å². The van der Waals surface area contributed by atoms with Crippen molar-refractivity contribution in [2.75, 3.05) is 20.3 Å². The summed E-state index contributed by atoms with van der Waals surface area (Å²) in [6.45, 7) is 7.57. The molecule has 168 valence electrons. The largest absolute Gasteiger partial charge is 0.493 e. The van der Waals surface area contributed by atoms with Crippen LogP contribution in [0.5, 0.6) is 11.5 Å². The van der Waals surface area contributed by atoms with Gasteiger partial charge in [-0.15, -0.1) is 6.58 Å². The third kappa shape index (κ3) is 4.49. The fraction of sp³-hybridized carbons (Fsp3) is 0.385. The number of aryl methyl sites for hydroxylation is 1. The van der Waals surface area contributed by atoms with Crippen molar-refractivity contribution < 1.29 is 14.3 Å². The SMILES string of the molecule is C=CCc1ccc(OCCCn2c(C3CCCN3C(C)=O)nc3ccccc32)c(OC)c1. The molecule has 0 spiro atoms. The van der Waals surface area contributed by atoms with Crippen LogP contribution in [0.25, 0.3) is 11.0 Å². The van der Waals surface area contributed by atoms with Crippen LogP contribution in [0, 0.1) is 0 Å². The average molecular weight is 434 g/mol. The Morgan fingerprint density at radius 2 is 2.09 bits per heavy atom. The summed E-state index contributed by atoms with van der Waals surface area (Å²) < 4.78 is 13.8. The highest BCUT2D eigenvalue weighted by atomic mass is 16.5. The van der Waals surface area contributed by atoms with E-state index < -0.39 is 0 Å². The lowest BCUT2D eigenvalue weighted by Gasteiger charge is -2.24. The Bertz CT molecular complexity index is 1100. The number of fused-ring (bicyclic) bond motifs is 1. The quantitative estimate of drug-likeness (QED) is 0.355. The number of aromatic nitrogens is 2. The maximum Gasteiger partial charge on any atom is 0.220 e. The van der Waals surface area contributed by atoms with Gasteiger partial charge in [-0.25, -0.2) is 4.98 Å². The molecule has 1 aliphatic heterocycles. The number of methoxy groups -OCH3 is 1. The van der Waals surface area contributed by atoms with Crippen molar-refractivity contribution in [2.24, 2.45) is 0 Å². The molecule has 1 aliphatic rings. The topological polar surface area (TPSA) is 56.6 Å². The van der Waals surface area contributed by atoms with Crippen LogP contribution in [0.1, 0.15) is 43.6 Å². The van der Waals surface area contributed by atoms with Gasteiger partial charge in [-0.3, -0.25) is 4.79 Å². The molecule has 0 N–H and O–H groups in total. The van der Waals surface area contributed by atoms with E-state index in [0.29, 0.717) is 6.61 Å². The molecule has 0 saturated carbocycles. The third-order valence-corrected chi connectivity index (χ3v) is 6.03. The lowest BCUT2D eigenvalue weighted by molar-refractivity contribution is -0.129. The van der Waals surface area contributed by atoms with E-state index >= 15 is 0 Å². The van der Waals surface area contributed by atoms with E-state index in [1.165, 1.54) is 0 Å². The zero-order chi connectivity index (χ0) is 22.5. The number of benzene rings is 2. The Kier molecular flexibility index (Phi) is 6.78. The van der Waals surface area contributed by atoms with Gasteiger partial charge in [0.1, 0.15) is 5.82 Å². The molecule has 6 heteroatoms.